The van der Waals surface area contributed by atoms with Crippen molar-refractivity contribution in [1.82, 2.24) is 9.21 Å². The first-order valence-corrected chi connectivity index (χ1v) is 9.94. The molecule has 0 N–H and O–H groups in total. The molecule has 1 aromatic rings. The second-order valence-electron chi connectivity index (χ2n) is 6.07. The molecule has 0 aromatic heterocycles. The van der Waals surface area contributed by atoms with E-state index in [0.717, 1.165) is 17.7 Å². The highest BCUT2D eigenvalue weighted by molar-refractivity contribution is 7.88. The fourth-order valence-electron chi connectivity index (χ4n) is 2.76. The minimum absolute atomic E-state index is 0.285. The molecule has 1 saturated heterocycles. The summed E-state index contributed by atoms with van der Waals surface area (Å²) in [6, 6.07) is 3.93. The van der Waals surface area contributed by atoms with Crippen LogP contribution >= 0.6 is 23.2 Å². The van der Waals surface area contributed by atoms with Gasteiger partial charge in [0.1, 0.15) is 0 Å². The summed E-state index contributed by atoms with van der Waals surface area (Å²) in [5.41, 5.74) is 2.04. The third-order valence-electron chi connectivity index (χ3n) is 3.92. The Balaban J connectivity index is 2.04. The smallest absolute Gasteiger partial charge is 0.211 e. The SMILES string of the molecule is CC(C)c1c(Cl)cc(CN2CCN(S(C)(=O)=O)CC2)cc1Cl. The lowest BCUT2D eigenvalue weighted by molar-refractivity contribution is 0.182. The van der Waals surface area contributed by atoms with E-state index in [4.69, 9.17) is 23.2 Å². The van der Waals surface area contributed by atoms with Gasteiger partial charge in [0.15, 0.2) is 0 Å². The van der Waals surface area contributed by atoms with E-state index >= 15 is 0 Å². The molecule has 1 heterocycles. The summed E-state index contributed by atoms with van der Waals surface area (Å²) < 4.78 is 24.5. The van der Waals surface area contributed by atoms with Gasteiger partial charge in [-0.1, -0.05) is 37.0 Å². The molecule has 0 spiro atoms. The zero-order chi connectivity index (χ0) is 16.5. The van der Waals surface area contributed by atoms with Gasteiger partial charge in [-0.25, -0.2) is 8.42 Å². The average Bonchev–Trinajstić information content (AvgIpc) is 2.36. The van der Waals surface area contributed by atoms with Gasteiger partial charge in [0, 0.05) is 42.8 Å². The van der Waals surface area contributed by atoms with Crippen molar-refractivity contribution in [3.8, 4) is 0 Å². The molecule has 0 amide bonds. The van der Waals surface area contributed by atoms with Crippen LogP contribution in [0.4, 0.5) is 0 Å². The number of piperazine rings is 1. The zero-order valence-electron chi connectivity index (χ0n) is 13.1. The molecule has 1 fully saturated rings. The molecule has 2 rings (SSSR count). The van der Waals surface area contributed by atoms with E-state index in [1.165, 1.54) is 10.6 Å². The molecular weight excluding hydrogens is 343 g/mol. The molecular formula is C15H22Cl2N2O2S. The van der Waals surface area contributed by atoms with Crippen LogP contribution in [0.3, 0.4) is 0 Å². The maximum absolute atomic E-state index is 11.5. The van der Waals surface area contributed by atoms with Gasteiger partial charge in [0.25, 0.3) is 0 Å². The average molecular weight is 365 g/mol. The molecule has 1 aromatic carbocycles. The first-order valence-electron chi connectivity index (χ1n) is 7.33. The minimum atomic E-state index is -3.09. The lowest BCUT2D eigenvalue weighted by Gasteiger charge is -2.33. The van der Waals surface area contributed by atoms with Gasteiger partial charge < -0.3 is 0 Å². The summed E-state index contributed by atoms with van der Waals surface area (Å²) in [7, 11) is -3.09. The Morgan fingerprint density at radius 2 is 1.59 bits per heavy atom. The highest BCUT2D eigenvalue weighted by atomic mass is 35.5. The Labute approximate surface area is 143 Å². The van der Waals surface area contributed by atoms with Crippen molar-refractivity contribution in [3.63, 3.8) is 0 Å². The summed E-state index contributed by atoms with van der Waals surface area (Å²) in [5, 5.41) is 1.40. The van der Waals surface area contributed by atoms with E-state index < -0.39 is 10.0 Å². The molecule has 4 nitrogen and oxygen atoms in total. The zero-order valence-corrected chi connectivity index (χ0v) is 15.5. The van der Waals surface area contributed by atoms with Crippen LogP contribution in [0.5, 0.6) is 0 Å². The highest BCUT2D eigenvalue weighted by Gasteiger charge is 2.23. The van der Waals surface area contributed by atoms with Gasteiger partial charge in [0.05, 0.1) is 6.26 Å². The second-order valence-corrected chi connectivity index (χ2v) is 8.86. The van der Waals surface area contributed by atoms with Gasteiger partial charge in [-0.15, -0.1) is 0 Å². The molecule has 0 atom stereocenters. The molecule has 1 aliphatic rings. The van der Waals surface area contributed by atoms with Crippen molar-refractivity contribution in [2.24, 2.45) is 0 Å². The number of rotatable bonds is 4. The fraction of sp³-hybridized carbons (Fsp3) is 0.600. The Morgan fingerprint density at radius 3 is 2.00 bits per heavy atom. The van der Waals surface area contributed by atoms with E-state index in [0.29, 0.717) is 36.2 Å². The molecule has 1 aliphatic heterocycles. The number of benzene rings is 1. The van der Waals surface area contributed by atoms with Crippen LogP contribution in [0.2, 0.25) is 10.0 Å². The van der Waals surface area contributed by atoms with Gasteiger partial charge >= 0.3 is 0 Å². The maximum Gasteiger partial charge on any atom is 0.211 e. The third-order valence-corrected chi connectivity index (χ3v) is 5.85. The standard InChI is InChI=1S/C15H22Cl2N2O2S/c1-11(2)15-13(16)8-12(9-14(15)17)10-18-4-6-19(7-5-18)22(3,20)21/h8-9,11H,4-7,10H2,1-3H3. The number of sulfonamides is 1. The minimum Gasteiger partial charge on any atom is -0.296 e. The van der Waals surface area contributed by atoms with Gasteiger partial charge in [-0.2, -0.15) is 4.31 Å². The van der Waals surface area contributed by atoms with E-state index in [1.54, 1.807) is 0 Å². The van der Waals surface area contributed by atoms with Crippen LogP contribution in [0, 0.1) is 0 Å². The number of nitrogens with zero attached hydrogens (tertiary/aromatic N) is 2. The lowest BCUT2D eigenvalue weighted by atomic mass is 10.0. The quantitative estimate of drug-likeness (QED) is 0.823. The Morgan fingerprint density at radius 1 is 1.09 bits per heavy atom. The summed E-state index contributed by atoms with van der Waals surface area (Å²) in [6.45, 7) is 7.36. The van der Waals surface area contributed by atoms with Crippen LogP contribution < -0.4 is 0 Å². The summed E-state index contributed by atoms with van der Waals surface area (Å²) >= 11 is 12.7. The first kappa shape index (κ1) is 18.0. The Kier molecular flexibility index (Phi) is 5.78. The van der Waals surface area contributed by atoms with Crippen molar-refractivity contribution in [3.05, 3.63) is 33.3 Å². The van der Waals surface area contributed by atoms with Crippen LogP contribution in [-0.4, -0.2) is 50.1 Å². The molecule has 124 valence electrons. The fourth-order valence-corrected chi connectivity index (χ4v) is 4.55. The van der Waals surface area contributed by atoms with Crippen molar-refractivity contribution < 1.29 is 8.42 Å². The van der Waals surface area contributed by atoms with Crippen LogP contribution in [0.15, 0.2) is 12.1 Å². The Bertz CT molecular complexity index is 616. The molecule has 0 bridgehead atoms. The second kappa shape index (κ2) is 7.05. The summed E-state index contributed by atoms with van der Waals surface area (Å²) in [4.78, 5) is 2.22. The monoisotopic (exact) mass is 364 g/mol. The summed E-state index contributed by atoms with van der Waals surface area (Å²) in [5.74, 6) is 0.285. The highest BCUT2D eigenvalue weighted by Crippen LogP contribution is 2.33. The van der Waals surface area contributed by atoms with Crippen LogP contribution in [0.25, 0.3) is 0 Å². The molecule has 7 heteroatoms. The molecule has 22 heavy (non-hydrogen) atoms. The largest absolute Gasteiger partial charge is 0.296 e. The molecule has 0 aliphatic carbocycles. The number of hydrogen-bond acceptors (Lipinski definition) is 3. The molecule has 0 saturated carbocycles. The number of hydrogen-bond donors (Lipinski definition) is 0. The van der Waals surface area contributed by atoms with Crippen molar-refractivity contribution in [1.29, 1.82) is 0 Å². The lowest BCUT2D eigenvalue weighted by Crippen LogP contribution is -2.47. The predicted octanol–water partition coefficient (Wildman–Crippen LogP) is 3.19. The van der Waals surface area contributed by atoms with E-state index in [2.05, 4.69) is 18.7 Å². The Hall–Kier alpha value is -0.330. The topological polar surface area (TPSA) is 40.6 Å². The van der Waals surface area contributed by atoms with Crippen LogP contribution in [-0.2, 0) is 16.6 Å². The van der Waals surface area contributed by atoms with Crippen LogP contribution in [0.1, 0.15) is 30.9 Å². The van der Waals surface area contributed by atoms with Crippen molar-refractivity contribution in [2.45, 2.75) is 26.3 Å². The molecule has 0 unspecified atom stereocenters. The van der Waals surface area contributed by atoms with Gasteiger partial charge in [-0.05, 0) is 29.2 Å². The summed E-state index contributed by atoms with van der Waals surface area (Å²) in [6.07, 6.45) is 1.26. The van der Waals surface area contributed by atoms with E-state index in [1.807, 2.05) is 12.1 Å². The maximum atomic E-state index is 11.5. The van der Waals surface area contributed by atoms with Crippen molar-refractivity contribution >= 4 is 33.2 Å². The normalized spacial score (nSPS) is 18.1. The van der Waals surface area contributed by atoms with Gasteiger partial charge in [-0.3, -0.25) is 4.90 Å². The van der Waals surface area contributed by atoms with Gasteiger partial charge in [0.2, 0.25) is 10.0 Å². The number of halogens is 2. The van der Waals surface area contributed by atoms with E-state index in [-0.39, 0.29) is 5.92 Å². The third kappa shape index (κ3) is 4.36. The van der Waals surface area contributed by atoms with E-state index in [9.17, 15) is 8.42 Å². The molecule has 0 radical (unpaired) electrons. The first-order chi connectivity index (χ1) is 10.2. The predicted molar refractivity (Wildman–Crippen MR) is 92.2 cm³/mol. The van der Waals surface area contributed by atoms with Crippen molar-refractivity contribution in [2.75, 3.05) is 32.4 Å².